The lowest BCUT2D eigenvalue weighted by Crippen LogP contribution is -2.54. The number of likely N-dealkylation sites (tertiary alicyclic amines) is 1. The van der Waals surface area contributed by atoms with Crippen molar-refractivity contribution < 1.29 is 9.84 Å². The molecule has 2 aromatic rings. The Kier molecular flexibility index (Phi) is 5.52. The number of methoxy groups -OCH3 is 1. The van der Waals surface area contributed by atoms with Crippen molar-refractivity contribution in [3.63, 3.8) is 0 Å². The summed E-state index contributed by atoms with van der Waals surface area (Å²) in [4.78, 5) is 2.43. The van der Waals surface area contributed by atoms with Gasteiger partial charge in [-0.15, -0.1) is 0 Å². The van der Waals surface area contributed by atoms with Crippen LogP contribution in [0.5, 0.6) is 5.75 Å². The van der Waals surface area contributed by atoms with Crippen molar-refractivity contribution in [1.29, 1.82) is 0 Å². The number of piperidine rings is 1. The third kappa shape index (κ3) is 3.76. The molecule has 25 heavy (non-hydrogen) atoms. The normalized spacial score (nSPS) is 27.2. The van der Waals surface area contributed by atoms with Crippen LogP contribution < -0.4 is 4.74 Å². The highest BCUT2D eigenvalue weighted by atomic mass is 79.9. The molecular weight excluding hydrogens is 378 g/mol. The minimum atomic E-state index is -0.781. The summed E-state index contributed by atoms with van der Waals surface area (Å²) in [5.74, 6) is 1.21. The van der Waals surface area contributed by atoms with E-state index in [4.69, 9.17) is 4.74 Å². The average molecular weight is 404 g/mol. The van der Waals surface area contributed by atoms with E-state index in [2.05, 4.69) is 46.8 Å². The standard InChI is InChI=1S/C21H26BrNO2/c1-15-12-23(14-17-4-10-20(25-3)11-5-17)13-16(2)21(15,24)18-6-8-19(22)9-7-18/h4-11,15-16,24H,12-14H2,1-3H3. The number of aliphatic hydroxyl groups is 1. The molecular formula is C21H26BrNO2. The predicted molar refractivity (Wildman–Crippen MR) is 105 cm³/mol. The van der Waals surface area contributed by atoms with E-state index < -0.39 is 5.60 Å². The molecule has 0 aromatic heterocycles. The van der Waals surface area contributed by atoms with Gasteiger partial charge in [-0.25, -0.2) is 0 Å². The number of hydrogen-bond acceptors (Lipinski definition) is 3. The Hall–Kier alpha value is -1.36. The molecule has 0 aliphatic carbocycles. The topological polar surface area (TPSA) is 32.7 Å². The number of ether oxygens (including phenoxy) is 1. The molecule has 3 nitrogen and oxygen atoms in total. The second kappa shape index (κ2) is 7.48. The summed E-state index contributed by atoms with van der Waals surface area (Å²) in [6, 6.07) is 16.3. The van der Waals surface area contributed by atoms with Crippen molar-refractivity contribution in [2.24, 2.45) is 11.8 Å². The van der Waals surface area contributed by atoms with E-state index in [-0.39, 0.29) is 11.8 Å². The van der Waals surface area contributed by atoms with E-state index >= 15 is 0 Å². The van der Waals surface area contributed by atoms with Crippen molar-refractivity contribution in [2.75, 3.05) is 20.2 Å². The van der Waals surface area contributed by atoms with Crippen LogP contribution in [0.15, 0.2) is 53.0 Å². The van der Waals surface area contributed by atoms with Crippen molar-refractivity contribution in [3.8, 4) is 5.75 Å². The second-order valence-corrected chi connectivity index (χ2v) is 8.09. The van der Waals surface area contributed by atoms with Crippen LogP contribution in [0.4, 0.5) is 0 Å². The number of nitrogens with zero attached hydrogens (tertiary/aromatic N) is 1. The van der Waals surface area contributed by atoms with Crippen LogP contribution in [0.1, 0.15) is 25.0 Å². The van der Waals surface area contributed by atoms with Crippen molar-refractivity contribution in [3.05, 3.63) is 64.1 Å². The molecule has 1 aliphatic heterocycles. The van der Waals surface area contributed by atoms with Gasteiger partial charge in [-0.05, 0) is 35.4 Å². The van der Waals surface area contributed by atoms with E-state index in [0.717, 1.165) is 35.4 Å². The Morgan fingerprint density at radius 1 is 1.04 bits per heavy atom. The molecule has 0 bridgehead atoms. The fourth-order valence-corrected chi connectivity index (χ4v) is 4.28. The molecule has 0 spiro atoms. The van der Waals surface area contributed by atoms with Crippen LogP contribution in [0.25, 0.3) is 0 Å². The van der Waals surface area contributed by atoms with E-state index in [9.17, 15) is 5.11 Å². The zero-order chi connectivity index (χ0) is 18.0. The van der Waals surface area contributed by atoms with Crippen molar-refractivity contribution in [1.82, 2.24) is 4.90 Å². The molecule has 4 heteroatoms. The molecule has 0 saturated carbocycles. The van der Waals surface area contributed by atoms with Gasteiger partial charge in [0.25, 0.3) is 0 Å². The Morgan fingerprint density at radius 3 is 2.12 bits per heavy atom. The summed E-state index contributed by atoms with van der Waals surface area (Å²) >= 11 is 3.48. The Balaban J connectivity index is 1.73. The molecule has 1 aliphatic rings. The van der Waals surface area contributed by atoms with Crippen LogP contribution in [0.2, 0.25) is 0 Å². The summed E-state index contributed by atoms with van der Waals surface area (Å²) in [7, 11) is 1.69. The first kappa shape index (κ1) is 18.4. The largest absolute Gasteiger partial charge is 0.497 e. The summed E-state index contributed by atoms with van der Waals surface area (Å²) in [5.41, 5.74) is 1.51. The molecule has 1 saturated heterocycles. The Bertz CT molecular complexity index is 687. The van der Waals surface area contributed by atoms with Crippen LogP contribution in [-0.2, 0) is 12.1 Å². The number of rotatable bonds is 4. The van der Waals surface area contributed by atoms with Gasteiger partial charge < -0.3 is 9.84 Å². The van der Waals surface area contributed by atoms with E-state index in [1.165, 1.54) is 5.56 Å². The van der Waals surface area contributed by atoms with Crippen molar-refractivity contribution >= 4 is 15.9 Å². The Labute approximate surface area is 158 Å². The van der Waals surface area contributed by atoms with Gasteiger partial charge in [-0.1, -0.05) is 54.0 Å². The molecule has 2 unspecified atom stereocenters. The van der Waals surface area contributed by atoms with Gasteiger partial charge in [0.2, 0.25) is 0 Å². The number of hydrogen-bond donors (Lipinski definition) is 1. The molecule has 1 heterocycles. The van der Waals surface area contributed by atoms with Gasteiger partial charge in [0.1, 0.15) is 5.75 Å². The molecule has 0 amide bonds. The molecule has 1 N–H and O–H groups in total. The lowest BCUT2D eigenvalue weighted by molar-refractivity contribution is -0.114. The smallest absolute Gasteiger partial charge is 0.118 e. The van der Waals surface area contributed by atoms with E-state index in [1.807, 2.05) is 36.4 Å². The molecule has 134 valence electrons. The van der Waals surface area contributed by atoms with Crippen LogP contribution in [0.3, 0.4) is 0 Å². The second-order valence-electron chi connectivity index (χ2n) is 7.18. The lowest BCUT2D eigenvalue weighted by atomic mass is 9.71. The maximum atomic E-state index is 11.5. The summed E-state index contributed by atoms with van der Waals surface area (Å²) in [6.07, 6.45) is 0. The van der Waals surface area contributed by atoms with Gasteiger partial charge in [0, 0.05) is 35.9 Å². The van der Waals surface area contributed by atoms with Crippen LogP contribution >= 0.6 is 15.9 Å². The quantitative estimate of drug-likeness (QED) is 0.818. The monoisotopic (exact) mass is 403 g/mol. The molecule has 1 fully saturated rings. The van der Waals surface area contributed by atoms with Crippen LogP contribution in [-0.4, -0.2) is 30.2 Å². The zero-order valence-electron chi connectivity index (χ0n) is 15.1. The predicted octanol–water partition coefficient (Wildman–Crippen LogP) is 4.43. The minimum Gasteiger partial charge on any atom is -0.497 e. The average Bonchev–Trinajstić information content (AvgIpc) is 2.61. The molecule has 2 aromatic carbocycles. The highest BCUT2D eigenvalue weighted by molar-refractivity contribution is 9.10. The van der Waals surface area contributed by atoms with Gasteiger partial charge in [-0.3, -0.25) is 4.90 Å². The van der Waals surface area contributed by atoms with Gasteiger partial charge in [-0.2, -0.15) is 0 Å². The first-order valence-corrected chi connectivity index (χ1v) is 9.56. The summed E-state index contributed by atoms with van der Waals surface area (Å²) in [6.45, 7) is 6.96. The Morgan fingerprint density at radius 2 is 1.60 bits per heavy atom. The molecule has 0 radical (unpaired) electrons. The zero-order valence-corrected chi connectivity index (χ0v) is 16.7. The number of benzene rings is 2. The summed E-state index contributed by atoms with van der Waals surface area (Å²) in [5, 5.41) is 11.5. The third-order valence-corrected chi connectivity index (χ3v) is 5.97. The summed E-state index contributed by atoms with van der Waals surface area (Å²) < 4.78 is 6.27. The highest BCUT2D eigenvalue weighted by Gasteiger charge is 2.45. The number of halogens is 1. The van der Waals surface area contributed by atoms with Gasteiger partial charge >= 0.3 is 0 Å². The van der Waals surface area contributed by atoms with E-state index in [1.54, 1.807) is 7.11 Å². The van der Waals surface area contributed by atoms with Gasteiger partial charge in [0.05, 0.1) is 12.7 Å². The maximum absolute atomic E-state index is 11.5. The van der Waals surface area contributed by atoms with Crippen molar-refractivity contribution in [2.45, 2.75) is 26.0 Å². The highest BCUT2D eigenvalue weighted by Crippen LogP contribution is 2.41. The fourth-order valence-electron chi connectivity index (χ4n) is 4.02. The SMILES string of the molecule is COc1ccc(CN2CC(C)C(O)(c3ccc(Br)cc3)C(C)C2)cc1. The van der Waals surface area contributed by atoms with E-state index in [0.29, 0.717) is 0 Å². The molecule has 2 atom stereocenters. The van der Waals surface area contributed by atoms with Crippen LogP contribution in [0, 0.1) is 11.8 Å². The first-order chi connectivity index (χ1) is 11.9. The lowest BCUT2D eigenvalue weighted by Gasteiger charge is -2.48. The fraction of sp³-hybridized carbons (Fsp3) is 0.429. The maximum Gasteiger partial charge on any atom is 0.118 e. The van der Waals surface area contributed by atoms with Gasteiger partial charge in [0.15, 0.2) is 0 Å². The molecule has 3 rings (SSSR count). The first-order valence-electron chi connectivity index (χ1n) is 8.77. The third-order valence-electron chi connectivity index (χ3n) is 5.44. The minimum absolute atomic E-state index is 0.163.